The zero-order chi connectivity index (χ0) is 20.3. The molecule has 146 valence electrons. The number of carbonyl (C=O) groups is 2. The van der Waals surface area contributed by atoms with E-state index < -0.39 is 6.09 Å². The average Bonchev–Trinajstić information content (AvgIpc) is 3.07. The molecule has 1 aliphatic rings. The zero-order valence-electron chi connectivity index (χ0n) is 16.1. The Labute approximate surface area is 164 Å². The standard InChI is InChI=1S/C22H24N2O4/c1-4-9-28-22(27)23-19-11-15(3)14(2)10-18(19)21(26)24-17(13-25)12-16-7-5-6-8-20(16)24/h4-8,10-11,17,25H,1,9,12-13H2,2-3H3,(H,23,27)/t17-/m0/s1. The van der Waals surface area contributed by atoms with Crippen molar-refractivity contribution < 1.29 is 19.4 Å². The molecule has 1 aliphatic heterocycles. The van der Waals surface area contributed by atoms with Gasteiger partial charge < -0.3 is 14.7 Å². The van der Waals surface area contributed by atoms with Crippen LogP contribution in [0.3, 0.4) is 0 Å². The van der Waals surface area contributed by atoms with E-state index in [2.05, 4.69) is 11.9 Å². The van der Waals surface area contributed by atoms with Crippen molar-refractivity contribution in [3.05, 3.63) is 71.3 Å². The molecule has 0 saturated carbocycles. The Hall–Kier alpha value is -3.12. The second-order valence-corrected chi connectivity index (χ2v) is 6.84. The summed E-state index contributed by atoms with van der Waals surface area (Å²) in [5.74, 6) is -0.272. The summed E-state index contributed by atoms with van der Waals surface area (Å²) in [6.07, 6.45) is 1.41. The molecule has 6 nitrogen and oxygen atoms in total. The Morgan fingerprint density at radius 2 is 2.00 bits per heavy atom. The second kappa shape index (κ2) is 8.27. The molecule has 28 heavy (non-hydrogen) atoms. The lowest BCUT2D eigenvalue weighted by molar-refractivity contribution is 0.0969. The smallest absolute Gasteiger partial charge is 0.411 e. The lowest BCUT2D eigenvalue weighted by atomic mass is 10.0. The van der Waals surface area contributed by atoms with Crippen LogP contribution < -0.4 is 10.2 Å². The van der Waals surface area contributed by atoms with Gasteiger partial charge in [-0.15, -0.1) is 0 Å². The number of aliphatic hydroxyl groups excluding tert-OH is 1. The number of fused-ring (bicyclic) bond motifs is 1. The molecule has 6 heteroatoms. The normalized spacial score (nSPS) is 15.1. The lowest BCUT2D eigenvalue weighted by Gasteiger charge is -2.25. The molecule has 0 aromatic heterocycles. The molecule has 0 radical (unpaired) electrons. The quantitative estimate of drug-likeness (QED) is 0.777. The van der Waals surface area contributed by atoms with Crippen molar-refractivity contribution in [2.45, 2.75) is 26.3 Å². The predicted octanol–water partition coefficient (Wildman–Crippen LogP) is 3.60. The van der Waals surface area contributed by atoms with Crippen LogP contribution in [-0.4, -0.2) is 36.4 Å². The number of rotatable bonds is 5. The SMILES string of the molecule is C=CCOC(=O)Nc1cc(C)c(C)cc1C(=O)N1c2ccccc2C[C@H]1CO. The molecule has 1 atom stereocenters. The highest BCUT2D eigenvalue weighted by atomic mass is 16.5. The van der Waals surface area contributed by atoms with Gasteiger partial charge in [-0.1, -0.05) is 30.9 Å². The number of aryl methyl sites for hydroxylation is 2. The summed E-state index contributed by atoms with van der Waals surface area (Å²) in [6.45, 7) is 7.26. The topological polar surface area (TPSA) is 78.9 Å². The highest BCUT2D eigenvalue weighted by molar-refractivity contribution is 6.12. The Bertz CT molecular complexity index is 923. The summed E-state index contributed by atoms with van der Waals surface area (Å²) in [5.41, 5.74) is 4.40. The van der Waals surface area contributed by atoms with Gasteiger partial charge in [-0.25, -0.2) is 4.79 Å². The highest BCUT2D eigenvalue weighted by Gasteiger charge is 2.34. The van der Waals surface area contributed by atoms with E-state index in [4.69, 9.17) is 4.74 Å². The molecule has 0 fully saturated rings. The Morgan fingerprint density at radius 3 is 2.71 bits per heavy atom. The summed E-state index contributed by atoms with van der Waals surface area (Å²) in [4.78, 5) is 27.1. The largest absolute Gasteiger partial charge is 0.445 e. The van der Waals surface area contributed by atoms with Crippen molar-refractivity contribution in [1.82, 2.24) is 0 Å². The predicted molar refractivity (Wildman–Crippen MR) is 109 cm³/mol. The lowest BCUT2D eigenvalue weighted by Crippen LogP contribution is -2.40. The van der Waals surface area contributed by atoms with Crippen LogP contribution in [0.4, 0.5) is 16.2 Å². The maximum Gasteiger partial charge on any atom is 0.411 e. The summed E-state index contributed by atoms with van der Waals surface area (Å²) < 4.78 is 4.99. The molecule has 3 rings (SSSR count). The van der Waals surface area contributed by atoms with Crippen LogP contribution in [0.2, 0.25) is 0 Å². The van der Waals surface area contributed by atoms with Crippen LogP contribution in [0.25, 0.3) is 0 Å². The van der Waals surface area contributed by atoms with E-state index in [0.29, 0.717) is 17.7 Å². The maximum absolute atomic E-state index is 13.5. The number of carbonyl (C=O) groups excluding carboxylic acids is 2. The van der Waals surface area contributed by atoms with Gasteiger partial charge in [0.2, 0.25) is 0 Å². The Kier molecular flexibility index (Phi) is 5.80. The second-order valence-electron chi connectivity index (χ2n) is 6.84. The van der Waals surface area contributed by atoms with Gasteiger partial charge in [-0.2, -0.15) is 0 Å². The number of anilines is 2. The van der Waals surface area contributed by atoms with Crippen LogP contribution in [0.1, 0.15) is 27.0 Å². The van der Waals surface area contributed by atoms with Gasteiger partial charge in [-0.3, -0.25) is 10.1 Å². The molecule has 0 unspecified atom stereocenters. The van der Waals surface area contributed by atoms with E-state index in [-0.39, 0.29) is 25.2 Å². The first kappa shape index (κ1) is 19.6. The minimum absolute atomic E-state index is 0.0754. The molecule has 2 aromatic rings. The van der Waals surface area contributed by atoms with Gasteiger partial charge in [0, 0.05) is 5.69 Å². The number of hydrogen-bond donors (Lipinski definition) is 2. The van der Waals surface area contributed by atoms with E-state index in [1.54, 1.807) is 17.0 Å². The first-order valence-corrected chi connectivity index (χ1v) is 9.14. The molecule has 2 amide bonds. The van der Waals surface area contributed by atoms with Gasteiger partial charge in [-0.05, 0) is 55.2 Å². The average molecular weight is 380 g/mol. The third-order valence-corrected chi connectivity index (χ3v) is 4.93. The third kappa shape index (κ3) is 3.77. The van der Waals surface area contributed by atoms with Gasteiger partial charge >= 0.3 is 6.09 Å². The van der Waals surface area contributed by atoms with Gasteiger partial charge in [0.1, 0.15) is 6.61 Å². The van der Waals surface area contributed by atoms with Crippen LogP contribution >= 0.6 is 0 Å². The number of para-hydroxylation sites is 1. The molecular weight excluding hydrogens is 356 g/mol. The van der Waals surface area contributed by atoms with Crippen LogP contribution in [0, 0.1) is 13.8 Å². The van der Waals surface area contributed by atoms with Crippen LogP contribution in [-0.2, 0) is 11.2 Å². The van der Waals surface area contributed by atoms with Crippen molar-refractivity contribution in [2.75, 3.05) is 23.4 Å². The summed E-state index contributed by atoms with van der Waals surface area (Å²) in [6, 6.07) is 10.8. The minimum atomic E-state index is -0.655. The van der Waals surface area contributed by atoms with Crippen molar-refractivity contribution >= 4 is 23.4 Å². The molecule has 0 spiro atoms. The van der Waals surface area contributed by atoms with E-state index in [1.165, 1.54) is 6.08 Å². The van der Waals surface area contributed by atoms with E-state index >= 15 is 0 Å². The number of amides is 2. The van der Waals surface area contributed by atoms with Crippen LogP contribution in [0.15, 0.2) is 49.1 Å². The number of nitrogens with one attached hydrogen (secondary N) is 1. The van der Waals surface area contributed by atoms with Gasteiger partial charge in [0.05, 0.1) is 23.9 Å². The fourth-order valence-electron chi connectivity index (χ4n) is 3.39. The third-order valence-electron chi connectivity index (χ3n) is 4.93. The molecule has 0 bridgehead atoms. The van der Waals surface area contributed by atoms with E-state index in [1.807, 2.05) is 38.1 Å². The zero-order valence-corrected chi connectivity index (χ0v) is 16.1. The fraction of sp³-hybridized carbons (Fsp3) is 0.273. The van der Waals surface area contributed by atoms with E-state index in [0.717, 1.165) is 22.4 Å². The monoisotopic (exact) mass is 380 g/mol. The Balaban J connectivity index is 2.00. The molecule has 2 N–H and O–H groups in total. The summed E-state index contributed by atoms with van der Waals surface area (Å²) >= 11 is 0. The molecule has 1 heterocycles. The number of aliphatic hydroxyl groups is 1. The summed E-state index contributed by atoms with van der Waals surface area (Å²) in [5, 5.41) is 12.5. The Morgan fingerprint density at radius 1 is 1.29 bits per heavy atom. The first-order chi connectivity index (χ1) is 13.5. The molecule has 0 saturated heterocycles. The number of ether oxygens (including phenoxy) is 1. The summed E-state index contributed by atoms with van der Waals surface area (Å²) in [7, 11) is 0. The van der Waals surface area contributed by atoms with Crippen molar-refractivity contribution in [1.29, 1.82) is 0 Å². The van der Waals surface area contributed by atoms with E-state index in [9.17, 15) is 14.7 Å². The molecule has 0 aliphatic carbocycles. The molecule has 2 aromatic carbocycles. The number of hydrogen-bond acceptors (Lipinski definition) is 4. The van der Waals surface area contributed by atoms with Crippen molar-refractivity contribution in [3.8, 4) is 0 Å². The van der Waals surface area contributed by atoms with Gasteiger partial charge in [0.25, 0.3) is 5.91 Å². The number of nitrogens with zero attached hydrogens (tertiary/aromatic N) is 1. The fourth-order valence-corrected chi connectivity index (χ4v) is 3.39. The molecular formula is C22H24N2O4. The van der Waals surface area contributed by atoms with Crippen molar-refractivity contribution in [2.24, 2.45) is 0 Å². The minimum Gasteiger partial charge on any atom is -0.445 e. The van der Waals surface area contributed by atoms with Crippen LogP contribution in [0.5, 0.6) is 0 Å². The highest BCUT2D eigenvalue weighted by Crippen LogP contribution is 2.34. The maximum atomic E-state index is 13.5. The number of benzene rings is 2. The van der Waals surface area contributed by atoms with Gasteiger partial charge in [0.15, 0.2) is 0 Å². The van der Waals surface area contributed by atoms with Crippen molar-refractivity contribution in [3.63, 3.8) is 0 Å². The first-order valence-electron chi connectivity index (χ1n) is 9.14.